The van der Waals surface area contributed by atoms with Gasteiger partial charge < -0.3 is 0 Å². The van der Waals surface area contributed by atoms with Crippen molar-refractivity contribution in [2.75, 3.05) is 6.26 Å². The Hall–Kier alpha value is -1.23. The molecule has 0 N–H and O–H groups in total. The molecule has 0 aliphatic heterocycles. The zero-order valence-electron chi connectivity index (χ0n) is 9.32. The van der Waals surface area contributed by atoms with Gasteiger partial charge in [-0.15, -0.1) is 0 Å². The Morgan fingerprint density at radius 3 is 2.31 bits per heavy atom. The first-order valence-corrected chi connectivity index (χ1v) is 6.55. The van der Waals surface area contributed by atoms with Crippen molar-refractivity contribution in [1.29, 1.82) is 0 Å². The molecular weight excluding hydrogens is 231 g/mol. The lowest BCUT2D eigenvalue weighted by molar-refractivity contribution is 0.0953. The summed E-state index contributed by atoms with van der Waals surface area (Å²) in [6.07, 6.45) is 0.990. The van der Waals surface area contributed by atoms with E-state index in [2.05, 4.69) is 0 Å². The van der Waals surface area contributed by atoms with Crippen LogP contribution in [0.4, 0.5) is 4.39 Å². The molecule has 0 saturated carbocycles. The molecule has 88 valence electrons. The van der Waals surface area contributed by atoms with Crippen molar-refractivity contribution in [1.82, 2.24) is 0 Å². The molecule has 16 heavy (non-hydrogen) atoms. The van der Waals surface area contributed by atoms with Crippen molar-refractivity contribution in [2.24, 2.45) is 0 Å². The molecule has 5 heteroatoms. The summed E-state index contributed by atoms with van der Waals surface area (Å²) in [4.78, 5) is 11.9. The highest BCUT2D eigenvalue weighted by Crippen LogP contribution is 2.21. The molecule has 0 saturated heterocycles. The van der Waals surface area contributed by atoms with E-state index in [9.17, 15) is 17.6 Å². The molecule has 0 fully saturated rings. The lowest BCUT2D eigenvalue weighted by Crippen LogP contribution is -2.39. The number of ketones is 1. The van der Waals surface area contributed by atoms with Gasteiger partial charge in [0.05, 0.1) is 0 Å². The molecule has 0 unspecified atom stereocenters. The molecule has 0 aromatic heterocycles. The minimum Gasteiger partial charge on any atom is -0.292 e. The molecule has 0 atom stereocenters. The maximum absolute atomic E-state index is 12.9. The fourth-order valence-electron chi connectivity index (χ4n) is 1.15. The van der Waals surface area contributed by atoms with Crippen molar-refractivity contribution in [3.8, 4) is 0 Å². The number of sulfone groups is 1. The van der Waals surface area contributed by atoms with Gasteiger partial charge >= 0.3 is 0 Å². The summed E-state index contributed by atoms with van der Waals surface area (Å²) in [7, 11) is -3.53. The SMILES string of the molecule is CC(C)(C(=O)c1cccc(F)c1)S(C)(=O)=O. The summed E-state index contributed by atoms with van der Waals surface area (Å²) in [5.41, 5.74) is 0.0652. The van der Waals surface area contributed by atoms with Crippen LogP contribution in [0.15, 0.2) is 24.3 Å². The second-order valence-corrected chi connectivity index (χ2v) is 6.69. The van der Waals surface area contributed by atoms with E-state index < -0.39 is 26.2 Å². The molecule has 0 heterocycles. The monoisotopic (exact) mass is 244 g/mol. The maximum Gasteiger partial charge on any atom is 0.183 e. The van der Waals surface area contributed by atoms with Crippen LogP contribution in [0, 0.1) is 5.82 Å². The normalized spacial score (nSPS) is 12.5. The van der Waals surface area contributed by atoms with Crippen molar-refractivity contribution < 1.29 is 17.6 Å². The molecule has 0 bridgehead atoms. The fraction of sp³-hybridized carbons (Fsp3) is 0.364. The van der Waals surface area contributed by atoms with Gasteiger partial charge in [0.25, 0.3) is 0 Å². The first kappa shape index (κ1) is 12.8. The van der Waals surface area contributed by atoms with E-state index in [4.69, 9.17) is 0 Å². The number of hydrogen-bond donors (Lipinski definition) is 0. The quantitative estimate of drug-likeness (QED) is 0.762. The predicted molar refractivity (Wildman–Crippen MR) is 59.7 cm³/mol. The van der Waals surface area contributed by atoms with Gasteiger partial charge in [0, 0.05) is 11.8 Å². The fourth-order valence-corrected chi connectivity index (χ4v) is 1.60. The van der Waals surface area contributed by atoms with Crippen molar-refractivity contribution in [3.63, 3.8) is 0 Å². The third-order valence-electron chi connectivity index (χ3n) is 2.56. The van der Waals surface area contributed by atoms with Crippen LogP contribution in [0.1, 0.15) is 24.2 Å². The molecule has 3 nitrogen and oxygen atoms in total. The van der Waals surface area contributed by atoms with Gasteiger partial charge in [-0.3, -0.25) is 4.79 Å². The molecule has 1 rings (SSSR count). The van der Waals surface area contributed by atoms with Gasteiger partial charge in [-0.2, -0.15) is 0 Å². The Balaban J connectivity index is 3.23. The summed E-state index contributed by atoms with van der Waals surface area (Å²) in [6, 6.07) is 5.01. The van der Waals surface area contributed by atoms with Crippen LogP contribution in [0.2, 0.25) is 0 Å². The van der Waals surface area contributed by atoms with Gasteiger partial charge in [0.15, 0.2) is 15.6 Å². The van der Waals surface area contributed by atoms with E-state index in [1.807, 2.05) is 0 Å². The van der Waals surface area contributed by atoms with Crippen molar-refractivity contribution in [3.05, 3.63) is 35.6 Å². The van der Waals surface area contributed by atoms with Crippen LogP contribution in [-0.4, -0.2) is 25.2 Å². The molecule has 0 spiro atoms. The summed E-state index contributed by atoms with van der Waals surface area (Å²) in [6.45, 7) is 2.63. The Kier molecular flexibility index (Phi) is 3.19. The zero-order valence-corrected chi connectivity index (χ0v) is 10.1. The average Bonchev–Trinajstić information content (AvgIpc) is 2.14. The van der Waals surface area contributed by atoms with Crippen LogP contribution < -0.4 is 0 Å². The van der Waals surface area contributed by atoms with Crippen LogP contribution in [0.5, 0.6) is 0 Å². The van der Waals surface area contributed by atoms with E-state index in [0.717, 1.165) is 12.3 Å². The third kappa shape index (κ3) is 2.29. The van der Waals surface area contributed by atoms with E-state index in [1.54, 1.807) is 0 Å². The van der Waals surface area contributed by atoms with E-state index in [-0.39, 0.29) is 5.56 Å². The molecule has 1 aromatic carbocycles. The number of carbonyl (C=O) groups excluding carboxylic acids is 1. The average molecular weight is 244 g/mol. The van der Waals surface area contributed by atoms with Crippen molar-refractivity contribution in [2.45, 2.75) is 18.6 Å². The van der Waals surface area contributed by atoms with Crippen LogP contribution in [0.25, 0.3) is 0 Å². The number of rotatable bonds is 3. The highest BCUT2D eigenvalue weighted by molar-refractivity contribution is 7.92. The number of hydrogen-bond acceptors (Lipinski definition) is 3. The summed E-state index contributed by atoms with van der Waals surface area (Å²) in [5, 5.41) is 0. The van der Waals surface area contributed by atoms with Crippen LogP contribution in [0.3, 0.4) is 0 Å². The second-order valence-electron chi connectivity index (χ2n) is 4.12. The predicted octanol–water partition coefficient (Wildman–Crippen LogP) is 1.83. The first-order valence-electron chi connectivity index (χ1n) is 4.66. The number of carbonyl (C=O) groups is 1. The molecule has 1 aromatic rings. The Morgan fingerprint density at radius 2 is 1.88 bits per heavy atom. The standard InChI is InChI=1S/C11H13FO3S/c1-11(2,16(3,14)15)10(13)8-5-4-6-9(12)7-8/h4-7H,1-3H3. The maximum atomic E-state index is 12.9. The first-order chi connectivity index (χ1) is 7.16. The molecule has 0 aliphatic rings. The minimum absolute atomic E-state index is 0.0652. The number of halogens is 1. The molecular formula is C11H13FO3S. The number of Topliss-reactive ketones (excluding diaryl/α,β-unsaturated/α-hetero) is 1. The Labute approximate surface area is 94.2 Å². The van der Waals surface area contributed by atoms with E-state index >= 15 is 0 Å². The second kappa shape index (κ2) is 3.97. The van der Waals surface area contributed by atoms with E-state index in [0.29, 0.717) is 0 Å². The number of benzene rings is 1. The zero-order chi connectivity index (χ0) is 12.6. The van der Waals surface area contributed by atoms with Crippen LogP contribution >= 0.6 is 0 Å². The Bertz CT molecular complexity index is 518. The highest BCUT2D eigenvalue weighted by atomic mass is 32.2. The van der Waals surface area contributed by atoms with Gasteiger partial charge in [0.2, 0.25) is 0 Å². The third-order valence-corrected chi connectivity index (χ3v) is 4.60. The smallest absolute Gasteiger partial charge is 0.183 e. The van der Waals surface area contributed by atoms with E-state index in [1.165, 1.54) is 32.0 Å². The Morgan fingerprint density at radius 1 is 1.31 bits per heavy atom. The topological polar surface area (TPSA) is 51.2 Å². The van der Waals surface area contributed by atoms with Crippen molar-refractivity contribution >= 4 is 15.6 Å². The van der Waals surface area contributed by atoms with Crippen LogP contribution in [-0.2, 0) is 9.84 Å². The van der Waals surface area contributed by atoms with Gasteiger partial charge in [-0.1, -0.05) is 12.1 Å². The van der Waals surface area contributed by atoms with Gasteiger partial charge in [-0.05, 0) is 26.0 Å². The highest BCUT2D eigenvalue weighted by Gasteiger charge is 2.38. The summed E-state index contributed by atoms with van der Waals surface area (Å²) >= 11 is 0. The summed E-state index contributed by atoms with van der Waals surface area (Å²) < 4.78 is 34.2. The lowest BCUT2D eigenvalue weighted by atomic mass is 10.0. The summed E-state index contributed by atoms with van der Waals surface area (Å²) in [5.74, 6) is -1.16. The minimum atomic E-state index is -3.53. The lowest BCUT2D eigenvalue weighted by Gasteiger charge is -2.20. The molecule has 0 amide bonds. The largest absolute Gasteiger partial charge is 0.292 e. The molecule has 0 aliphatic carbocycles. The van der Waals surface area contributed by atoms with Gasteiger partial charge in [0.1, 0.15) is 10.6 Å². The molecule has 0 radical (unpaired) electrons. The van der Waals surface area contributed by atoms with Gasteiger partial charge in [-0.25, -0.2) is 12.8 Å².